The second-order valence-corrected chi connectivity index (χ2v) is 11.9. The van der Waals surface area contributed by atoms with Crippen LogP contribution >= 0.6 is 0 Å². The summed E-state index contributed by atoms with van der Waals surface area (Å²) in [4.78, 5) is 36.7. The van der Waals surface area contributed by atoms with Crippen LogP contribution in [0.15, 0.2) is 30.3 Å². The fourth-order valence-electron chi connectivity index (χ4n) is 3.27. The first-order valence-corrected chi connectivity index (χ1v) is 12.4. The Bertz CT molecular complexity index is 775. The van der Waals surface area contributed by atoms with Gasteiger partial charge in [-0.2, -0.15) is 0 Å². The minimum absolute atomic E-state index is 0.00110. The molecule has 0 aliphatic heterocycles. The van der Waals surface area contributed by atoms with Gasteiger partial charge in [-0.25, -0.2) is 14.4 Å². The Morgan fingerprint density at radius 1 is 0.541 bits per heavy atom. The maximum Gasteiger partial charge on any atom is 0.332 e. The van der Waals surface area contributed by atoms with E-state index in [9.17, 15) is 14.4 Å². The quantitative estimate of drug-likeness (QED) is 0.279. The molecule has 0 heterocycles. The summed E-state index contributed by atoms with van der Waals surface area (Å²) in [7, 11) is 0. The maximum atomic E-state index is 12.2. The highest BCUT2D eigenvalue weighted by atomic mass is 16.6. The van der Waals surface area contributed by atoms with Gasteiger partial charge in [-0.3, -0.25) is 0 Å². The van der Waals surface area contributed by atoms with E-state index in [-0.39, 0.29) is 39.6 Å². The number of ether oxygens (including phenoxy) is 6. The van der Waals surface area contributed by atoms with Crippen molar-refractivity contribution in [3.8, 4) is 0 Å². The van der Waals surface area contributed by atoms with Crippen LogP contribution in [0.3, 0.4) is 0 Å². The highest BCUT2D eigenvalue weighted by Crippen LogP contribution is 2.27. The van der Waals surface area contributed by atoms with Gasteiger partial charge in [-0.05, 0) is 67.9 Å². The number of hydrogen-bond donors (Lipinski definition) is 0. The van der Waals surface area contributed by atoms with Gasteiger partial charge in [0, 0.05) is 0 Å². The van der Waals surface area contributed by atoms with E-state index in [1.54, 1.807) is 62.3 Å². The van der Waals surface area contributed by atoms with Crippen LogP contribution in [0.5, 0.6) is 0 Å². The van der Waals surface area contributed by atoms with E-state index >= 15 is 0 Å². The third-order valence-electron chi connectivity index (χ3n) is 4.44. The van der Waals surface area contributed by atoms with Crippen LogP contribution in [0.1, 0.15) is 67.9 Å². The van der Waals surface area contributed by atoms with Crippen LogP contribution in [0.4, 0.5) is 0 Å². The predicted molar refractivity (Wildman–Crippen MR) is 138 cm³/mol. The largest absolute Gasteiger partial charge is 0.458 e. The molecule has 9 nitrogen and oxygen atoms in total. The van der Waals surface area contributed by atoms with E-state index in [0.717, 1.165) is 5.56 Å². The molecule has 0 saturated heterocycles. The highest BCUT2D eigenvalue weighted by Gasteiger charge is 2.35. The molecular formula is C28H44O9. The van der Waals surface area contributed by atoms with Crippen molar-refractivity contribution in [2.45, 2.75) is 84.5 Å². The third-order valence-corrected chi connectivity index (χ3v) is 4.44. The molecular weight excluding hydrogens is 480 g/mol. The molecule has 37 heavy (non-hydrogen) atoms. The van der Waals surface area contributed by atoms with E-state index in [4.69, 9.17) is 28.4 Å². The Balaban J connectivity index is 3.05. The van der Waals surface area contributed by atoms with E-state index in [2.05, 4.69) is 0 Å². The lowest BCUT2D eigenvalue weighted by Crippen LogP contribution is -2.44. The molecule has 0 radical (unpaired) electrons. The fraction of sp³-hybridized carbons (Fsp3) is 0.679. The van der Waals surface area contributed by atoms with Crippen molar-refractivity contribution in [2.75, 3.05) is 39.6 Å². The first-order chi connectivity index (χ1) is 16.9. The Labute approximate surface area is 221 Å². The molecule has 0 unspecified atom stereocenters. The van der Waals surface area contributed by atoms with Crippen LogP contribution in [0, 0.1) is 0 Å². The number of carbonyl (C=O) groups excluding carboxylic acids is 3. The van der Waals surface area contributed by atoms with Gasteiger partial charge >= 0.3 is 17.9 Å². The van der Waals surface area contributed by atoms with Gasteiger partial charge in [0.1, 0.15) is 36.6 Å². The summed E-state index contributed by atoms with van der Waals surface area (Å²) in [6.07, 6.45) is 0. The lowest BCUT2D eigenvalue weighted by molar-refractivity contribution is -0.164. The van der Waals surface area contributed by atoms with Gasteiger partial charge in [0.15, 0.2) is 0 Å². The molecule has 0 atom stereocenters. The normalized spacial score (nSPS) is 12.7. The second kappa shape index (κ2) is 13.9. The minimum Gasteiger partial charge on any atom is -0.458 e. The van der Waals surface area contributed by atoms with Crippen molar-refractivity contribution in [3.63, 3.8) is 0 Å². The smallest absolute Gasteiger partial charge is 0.332 e. The average molecular weight is 525 g/mol. The Morgan fingerprint density at radius 2 is 0.838 bits per heavy atom. The van der Waals surface area contributed by atoms with Crippen molar-refractivity contribution in [1.82, 2.24) is 0 Å². The lowest BCUT2D eigenvalue weighted by Gasteiger charge is -2.34. The first-order valence-electron chi connectivity index (χ1n) is 12.4. The highest BCUT2D eigenvalue weighted by molar-refractivity contribution is 5.72. The van der Waals surface area contributed by atoms with Gasteiger partial charge < -0.3 is 28.4 Å². The number of rotatable bonds is 13. The predicted octanol–water partition coefficient (Wildman–Crippen LogP) is 4.00. The van der Waals surface area contributed by atoms with E-state index < -0.39 is 40.1 Å². The van der Waals surface area contributed by atoms with Crippen molar-refractivity contribution >= 4 is 17.9 Å². The third kappa shape index (κ3) is 14.7. The van der Waals surface area contributed by atoms with Crippen LogP contribution in [0.25, 0.3) is 0 Å². The molecule has 0 aliphatic carbocycles. The fourth-order valence-corrected chi connectivity index (χ4v) is 3.27. The van der Waals surface area contributed by atoms with E-state index in [0.29, 0.717) is 0 Å². The van der Waals surface area contributed by atoms with Gasteiger partial charge in [0.2, 0.25) is 0 Å². The van der Waals surface area contributed by atoms with Gasteiger partial charge in [0.25, 0.3) is 0 Å². The van der Waals surface area contributed by atoms with Crippen molar-refractivity contribution in [2.24, 2.45) is 0 Å². The van der Waals surface area contributed by atoms with Gasteiger partial charge in [-0.1, -0.05) is 30.3 Å². The topological polar surface area (TPSA) is 107 Å². The summed E-state index contributed by atoms with van der Waals surface area (Å²) < 4.78 is 33.3. The number of esters is 3. The molecule has 210 valence electrons. The summed E-state index contributed by atoms with van der Waals surface area (Å²) in [6, 6.07) is 9.29. The van der Waals surface area contributed by atoms with Crippen LogP contribution in [-0.4, -0.2) is 74.4 Å². The number of hydrogen-bond acceptors (Lipinski definition) is 9. The maximum absolute atomic E-state index is 12.2. The van der Waals surface area contributed by atoms with Crippen molar-refractivity contribution in [1.29, 1.82) is 0 Å². The summed E-state index contributed by atoms with van der Waals surface area (Å²) in [6.45, 7) is 15.1. The van der Waals surface area contributed by atoms with Crippen molar-refractivity contribution in [3.05, 3.63) is 35.9 Å². The van der Waals surface area contributed by atoms with Crippen LogP contribution in [-0.2, 0) is 48.2 Å². The van der Waals surface area contributed by atoms with Crippen LogP contribution < -0.4 is 0 Å². The monoisotopic (exact) mass is 524 g/mol. The Kier molecular flexibility index (Phi) is 12.2. The summed E-state index contributed by atoms with van der Waals surface area (Å²) in [5.41, 5.74) is -2.11. The zero-order chi connectivity index (χ0) is 28.3. The first kappa shape index (κ1) is 32.5. The van der Waals surface area contributed by atoms with Crippen molar-refractivity contribution < 1.29 is 42.8 Å². The molecule has 0 spiro atoms. The summed E-state index contributed by atoms with van der Waals surface area (Å²) in [5.74, 6) is -1.54. The molecule has 0 aliphatic rings. The SMILES string of the molecule is CC(C)(C)OC(=O)COCC(COCC(=O)OC(C)(C)C)(COCC(=O)OC(C)(C)C)c1ccccc1. The molecule has 1 aromatic carbocycles. The Morgan fingerprint density at radius 3 is 1.11 bits per heavy atom. The van der Waals surface area contributed by atoms with Gasteiger partial charge in [-0.15, -0.1) is 0 Å². The zero-order valence-corrected chi connectivity index (χ0v) is 23.8. The molecule has 0 N–H and O–H groups in total. The summed E-state index contributed by atoms with van der Waals surface area (Å²) in [5, 5.41) is 0. The molecule has 0 amide bonds. The molecule has 0 saturated carbocycles. The number of carbonyl (C=O) groups is 3. The standard InChI is InChI=1S/C28H44O9/c1-25(2,3)35-22(29)15-32-18-28(21-13-11-10-12-14-21,19-33-16-23(30)36-26(4,5)6)20-34-17-24(31)37-27(7,8)9/h10-14H,15-20H2,1-9H3. The summed E-state index contributed by atoms with van der Waals surface area (Å²) >= 11 is 0. The molecule has 1 rings (SSSR count). The Hall–Kier alpha value is -2.49. The van der Waals surface area contributed by atoms with Crippen LogP contribution in [0.2, 0.25) is 0 Å². The number of benzene rings is 1. The molecule has 0 aromatic heterocycles. The molecule has 9 heteroatoms. The van der Waals surface area contributed by atoms with E-state index in [1.807, 2.05) is 30.3 Å². The van der Waals surface area contributed by atoms with Gasteiger partial charge in [0.05, 0.1) is 25.2 Å². The molecule has 1 aromatic rings. The lowest BCUT2D eigenvalue weighted by atomic mass is 9.82. The second-order valence-electron chi connectivity index (χ2n) is 11.9. The zero-order valence-electron chi connectivity index (χ0n) is 23.8. The average Bonchev–Trinajstić information content (AvgIpc) is 2.70. The molecule has 0 bridgehead atoms. The van der Waals surface area contributed by atoms with E-state index in [1.165, 1.54) is 0 Å². The minimum atomic E-state index is -0.951. The molecule has 0 fully saturated rings.